The van der Waals surface area contributed by atoms with Crippen molar-refractivity contribution in [3.63, 3.8) is 0 Å². The van der Waals surface area contributed by atoms with Crippen molar-refractivity contribution in [2.24, 2.45) is 0 Å². The quantitative estimate of drug-likeness (QED) is 0.198. The standard InChI is InChI=1S/C37H26N2O2/c38-22-26-7-5-9-28(19-26)24-40-36-17-15-30-11-1-3-13-32(30)34(36)21-35-33-14-4-2-12-31(33)16-18-37(35)41-25-29-10-6-8-27(20-29)23-39/h1-20H,21,24-25H2. The smallest absolute Gasteiger partial charge is 0.123 e. The first kappa shape index (κ1) is 25.7. The number of fused-ring (bicyclic) bond motifs is 2. The van der Waals surface area contributed by atoms with E-state index >= 15 is 0 Å². The predicted octanol–water partition coefficient (Wildman–Crippen LogP) is 8.49. The largest absolute Gasteiger partial charge is 0.489 e. The molecule has 4 nitrogen and oxygen atoms in total. The third-order valence-electron chi connectivity index (χ3n) is 7.25. The molecule has 0 aromatic heterocycles. The number of ether oxygens (including phenoxy) is 2. The molecule has 0 saturated carbocycles. The molecule has 6 aromatic rings. The fourth-order valence-electron chi connectivity index (χ4n) is 5.23. The minimum absolute atomic E-state index is 0.356. The molecule has 4 heteroatoms. The molecule has 0 radical (unpaired) electrons. The lowest BCUT2D eigenvalue weighted by molar-refractivity contribution is 0.300. The molecule has 6 aromatic carbocycles. The van der Waals surface area contributed by atoms with Gasteiger partial charge in [-0.15, -0.1) is 0 Å². The van der Waals surface area contributed by atoms with Crippen LogP contribution in [0.1, 0.15) is 33.4 Å². The van der Waals surface area contributed by atoms with E-state index in [1.165, 1.54) is 0 Å². The number of rotatable bonds is 8. The van der Waals surface area contributed by atoms with Crippen molar-refractivity contribution < 1.29 is 9.47 Å². The highest BCUT2D eigenvalue weighted by Gasteiger charge is 2.16. The summed E-state index contributed by atoms with van der Waals surface area (Å²) < 4.78 is 12.9. The highest BCUT2D eigenvalue weighted by Crippen LogP contribution is 2.36. The molecule has 196 valence electrons. The van der Waals surface area contributed by atoms with E-state index < -0.39 is 0 Å². The third kappa shape index (κ3) is 5.59. The van der Waals surface area contributed by atoms with Crippen LogP contribution in [-0.4, -0.2) is 0 Å². The molecule has 0 bridgehead atoms. The molecule has 0 heterocycles. The monoisotopic (exact) mass is 530 g/mol. The Kier molecular flexibility index (Phi) is 7.30. The summed E-state index contributed by atoms with van der Waals surface area (Å²) in [4.78, 5) is 0. The van der Waals surface area contributed by atoms with Gasteiger partial charge in [0.15, 0.2) is 0 Å². The first-order chi connectivity index (χ1) is 20.2. The van der Waals surface area contributed by atoms with E-state index in [9.17, 15) is 10.5 Å². The molecule has 0 fully saturated rings. The Labute approximate surface area is 239 Å². The highest BCUT2D eigenvalue weighted by molar-refractivity contribution is 5.91. The van der Waals surface area contributed by atoms with Gasteiger partial charge in [0.05, 0.1) is 23.3 Å². The zero-order chi connectivity index (χ0) is 28.0. The second-order valence-electron chi connectivity index (χ2n) is 9.91. The van der Waals surface area contributed by atoms with Crippen LogP contribution in [0.15, 0.2) is 121 Å². The second kappa shape index (κ2) is 11.7. The SMILES string of the molecule is N#Cc1cccc(COc2ccc3ccccc3c2Cc2c(OCc3cccc(C#N)c3)ccc3ccccc23)c1. The van der Waals surface area contributed by atoms with Gasteiger partial charge in [-0.05, 0) is 69.1 Å². The van der Waals surface area contributed by atoms with Crippen LogP contribution >= 0.6 is 0 Å². The maximum absolute atomic E-state index is 9.31. The average Bonchev–Trinajstić information content (AvgIpc) is 3.04. The average molecular weight is 531 g/mol. The Balaban J connectivity index is 1.40. The van der Waals surface area contributed by atoms with Crippen LogP contribution in [0.25, 0.3) is 21.5 Å². The van der Waals surface area contributed by atoms with E-state index in [0.717, 1.165) is 55.3 Å². The van der Waals surface area contributed by atoms with Crippen molar-refractivity contribution in [1.82, 2.24) is 0 Å². The molecular weight excluding hydrogens is 504 g/mol. The summed E-state index contributed by atoms with van der Waals surface area (Å²) in [5, 5.41) is 23.1. The van der Waals surface area contributed by atoms with Gasteiger partial charge >= 0.3 is 0 Å². The van der Waals surface area contributed by atoms with Gasteiger partial charge in [0.1, 0.15) is 24.7 Å². The molecule has 0 aliphatic rings. The van der Waals surface area contributed by atoms with Crippen LogP contribution in [-0.2, 0) is 19.6 Å². The van der Waals surface area contributed by atoms with Crippen LogP contribution in [0, 0.1) is 22.7 Å². The van der Waals surface area contributed by atoms with Crippen LogP contribution in [0.2, 0.25) is 0 Å². The Bertz CT molecular complexity index is 1820. The number of hydrogen-bond acceptors (Lipinski definition) is 4. The van der Waals surface area contributed by atoms with Crippen molar-refractivity contribution in [2.45, 2.75) is 19.6 Å². The predicted molar refractivity (Wildman–Crippen MR) is 162 cm³/mol. The summed E-state index contributed by atoms with van der Waals surface area (Å²) in [5.41, 5.74) is 5.26. The lowest BCUT2D eigenvalue weighted by atomic mass is 9.93. The lowest BCUT2D eigenvalue weighted by Crippen LogP contribution is -2.04. The molecule has 0 atom stereocenters. The van der Waals surface area contributed by atoms with Crippen molar-refractivity contribution in [3.8, 4) is 23.6 Å². The van der Waals surface area contributed by atoms with Crippen LogP contribution in [0.5, 0.6) is 11.5 Å². The summed E-state index contributed by atoms with van der Waals surface area (Å²) in [6, 6.07) is 44.3. The minimum Gasteiger partial charge on any atom is -0.489 e. The zero-order valence-corrected chi connectivity index (χ0v) is 22.4. The summed E-state index contributed by atoms with van der Waals surface area (Å²) in [6.07, 6.45) is 0.601. The van der Waals surface area contributed by atoms with Gasteiger partial charge in [-0.2, -0.15) is 10.5 Å². The van der Waals surface area contributed by atoms with Gasteiger partial charge in [0, 0.05) is 17.5 Å². The van der Waals surface area contributed by atoms with Gasteiger partial charge in [-0.25, -0.2) is 0 Å². The van der Waals surface area contributed by atoms with Crippen molar-refractivity contribution in [1.29, 1.82) is 10.5 Å². The number of hydrogen-bond donors (Lipinski definition) is 0. The summed E-state index contributed by atoms with van der Waals surface area (Å²) in [6.45, 7) is 0.712. The molecule has 0 aliphatic heterocycles. The van der Waals surface area contributed by atoms with Crippen LogP contribution in [0.3, 0.4) is 0 Å². The number of nitrogens with zero attached hydrogens (tertiary/aromatic N) is 2. The van der Waals surface area contributed by atoms with Gasteiger partial charge in [0.25, 0.3) is 0 Å². The normalized spacial score (nSPS) is 10.7. The Morgan fingerprint density at radius 3 is 1.41 bits per heavy atom. The van der Waals surface area contributed by atoms with Gasteiger partial charge in [-0.1, -0.05) is 84.9 Å². The Morgan fingerprint density at radius 1 is 0.488 bits per heavy atom. The number of benzene rings is 6. The first-order valence-corrected chi connectivity index (χ1v) is 13.5. The third-order valence-corrected chi connectivity index (χ3v) is 7.25. The van der Waals surface area contributed by atoms with E-state index in [4.69, 9.17) is 9.47 Å². The van der Waals surface area contributed by atoms with E-state index in [-0.39, 0.29) is 0 Å². The summed E-state index contributed by atoms with van der Waals surface area (Å²) in [5.74, 6) is 1.60. The van der Waals surface area contributed by atoms with Crippen molar-refractivity contribution in [3.05, 3.63) is 155 Å². The molecule has 0 unspecified atom stereocenters. The first-order valence-electron chi connectivity index (χ1n) is 13.5. The Hall–Kier alpha value is -5.58. The van der Waals surface area contributed by atoms with E-state index in [2.05, 4.69) is 60.7 Å². The van der Waals surface area contributed by atoms with E-state index in [0.29, 0.717) is 30.8 Å². The highest BCUT2D eigenvalue weighted by atomic mass is 16.5. The van der Waals surface area contributed by atoms with Crippen LogP contribution in [0.4, 0.5) is 0 Å². The van der Waals surface area contributed by atoms with E-state index in [1.54, 1.807) is 12.1 Å². The van der Waals surface area contributed by atoms with Crippen LogP contribution < -0.4 is 9.47 Å². The maximum Gasteiger partial charge on any atom is 0.123 e. The van der Waals surface area contributed by atoms with E-state index in [1.807, 2.05) is 60.7 Å². The van der Waals surface area contributed by atoms with Gasteiger partial charge < -0.3 is 9.47 Å². The topological polar surface area (TPSA) is 66.0 Å². The molecular formula is C37H26N2O2. The number of nitriles is 2. The second-order valence-corrected chi connectivity index (χ2v) is 9.91. The lowest BCUT2D eigenvalue weighted by Gasteiger charge is -2.18. The minimum atomic E-state index is 0.356. The fourth-order valence-corrected chi connectivity index (χ4v) is 5.23. The zero-order valence-electron chi connectivity index (χ0n) is 22.4. The van der Waals surface area contributed by atoms with Gasteiger partial charge in [0.2, 0.25) is 0 Å². The molecule has 0 amide bonds. The van der Waals surface area contributed by atoms with Crippen molar-refractivity contribution >= 4 is 21.5 Å². The summed E-state index contributed by atoms with van der Waals surface area (Å²) in [7, 11) is 0. The molecule has 0 aliphatic carbocycles. The molecule has 0 N–H and O–H groups in total. The fraction of sp³-hybridized carbons (Fsp3) is 0.0811. The molecule has 0 spiro atoms. The molecule has 41 heavy (non-hydrogen) atoms. The molecule has 0 saturated heterocycles. The summed E-state index contributed by atoms with van der Waals surface area (Å²) >= 11 is 0. The Morgan fingerprint density at radius 2 is 0.951 bits per heavy atom. The molecule has 6 rings (SSSR count). The van der Waals surface area contributed by atoms with Crippen molar-refractivity contribution in [2.75, 3.05) is 0 Å². The maximum atomic E-state index is 9.31. The van der Waals surface area contributed by atoms with Gasteiger partial charge in [-0.3, -0.25) is 0 Å².